The lowest BCUT2D eigenvalue weighted by molar-refractivity contribution is 0.0604. The van der Waals surface area contributed by atoms with E-state index in [0.29, 0.717) is 31.0 Å². The summed E-state index contributed by atoms with van der Waals surface area (Å²) < 4.78 is 31.6. The average molecular weight is 305 g/mol. The third kappa shape index (κ3) is 3.02. The highest BCUT2D eigenvalue weighted by molar-refractivity contribution is 7.89. The van der Waals surface area contributed by atoms with Crippen LogP contribution in [0.1, 0.15) is 12.8 Å². The minimum Gasteiger partial charge on any atom is -0.397 e. The molecule has 2 rings (SSSR count). The first kappa shape index (κ1) is 14.6. The van der Waals surface area contributed by atoms with E-state index >= 15 is 0 Å². The molecule has 1 fully saturated rings. The molecule has 19 heavy (non-hydrogen) atoms. The molecule has 0 radical (unpaired) electrons. The first-order chi connectivity index (χ1) is 8.95. The molecule has 0 amide bonds. The van der Waals surface area contributed by atoms with Crippen LogP contribution in [0.15, 0.2) is 23.1 Å². The van der Waals surface area contributed by atoms with E-state index < -0.39 is 10.0 Å². The normalized spacial score (nSPS) is 18.6. The van der Waals surface area contributed by atoms with Crippen molar-refractivity contribution in [2.75, 3.05) is 25.9 Å². The minimum atomic E-state index is -3.49. The summed E-state index contributed by atoms with van der Waals surface area (Å²) in [5.41, 5.74) is 5.93. The Labute approximate surface area is 118 Å². The molecule has 0 aromatic heterocycles. The summed E-state index contributed by atoms with van der Waals surface area (Å²) in [4.78, 5) is 0.185. The van der Waals surface area contributed by atoms with E-state index in [9.17, 15) is 8.42 Å². The maximum Gasteiger partial charge on any atom is 0.243 e. The molecule has 106 valence electrons. The van der Waals surface area contributed by atoms with Crippen LogP contribution >= 0.6 is 11.6 Å². The Morgan fingerprint density at radius 1 is 1.37 bits per heavy atom. The molecule has 1 aliphatic rings. The number of piperidine rings is 1. The first-order valence-electron chi connectivity index (χ1n) is 6.03. The predicted molar refractivity (Wildman–Crippen MR) is 74.7 cm³/mol. The Kier molecular flexibility index (Phi) is 4.35. The lowest BCUT2D eigenvalue weighted by Gasteiger charge is -2.30. The number of methoxy groups -OCH3 is 1. The predicted octanol–water partition coefficient (Wildman–Crippen LogP) is 1.72. The van der Waals surface area contributed by atoms with Gasteiger partial charge in [-0.3, -0.25) is 0 Å². The lowest BCUT2D eigenvalue weighted by atomic mass is 10.1. The molecule has 0 saturated carbocycles. The molecule has 0 unspecified atom stereocenters. The van der Waals surface area contributed by atoms with Crippen LogP contribution in [0.25, 0.3) is 0 Å². The topological polar surface area (TPSA) is 72.6 Å². The Bertz CT molecular complexity index is 554. The first-order valence-corrected chi connectivity index (χ1v) is 7.85. The number of anilines is 1. The van der Waals surface area contributed by atoms with Gasteiger partial charge in [0.15, 0.2) is 0 Å². The fraction of sp³-hybridized carbons (Fsp3) is 0.500. The van der Waals surface area contributed by atoms with Crippen molar-refractivity contribution in [2.24, 2.45) is 0 Å². The number of rotatable bonds is 3. The maximum absolute atomic E-state index is 12.4. The molecule has 7 heteroatoms. The largest absolute Gasteiger partial charge is 0.397 e. The number of sulfonamides is 1. The van der Waals surface area contributed by atoms with Crippen LogP contribution in [-0.4, -0.2) is 39.0 Å². The lowest BCUT2D eigenvalue weighted by Crippen LogP contribution is -2.40. The van der Waals surface area contributed by atoms with Gasteiger partial charge in [0, 0.05) is 20.2 Å². The highest BCUT2D eigenvalue weighted by Crippen LogP contribution is 2.26. The Morgan fingerprint density at radius 3 is 2.53 bits per heavy atom. The fourth-order valence-electron chi connectivity index (χ4n) is 2.14. The zero-order valence-corrected chi connectivity index (χ0v) is 12.2. The molecule has 0 bridgehead atoms. The van der Waals surface area contributed by atoms with Crippen molar-refractivity contribution in [2.45, 2.75) is 23.8 Å². The second-order valence-corrected chi connectivity index (χ2v) is 6.87. The summed E-state index contributed by atoms with van der Waals surface area (Å²) in [6, 6.07) is 4.39. The summed E-state index contributed by atoms with van der Waals surface area (Å²) in [7, 11) is -1.85. The van der Waals surface area contributed by atoms with Crippen LogP contribution in [0.4, 0.5) is 5.69 Å². The number of nitrogens with two attached hydrogens (primary N) is 1. The molecule has 1 aliphatic heterocycles. The Morgan fingerprint density at radius 2 is 2.00 bits per heavy atom. The van der Waals surface area contributed by atoms with E-state index in [1.54, 1.807) is 7.11 Å². The van der Waals surface area contributed by atoms with Gasteiger partial charge in [-0.05, 0) is 31.0 Å². The maximum atomic E-state index is 12.4. The molecule has 1 saturated heterocycles. The van der Waals surface area contributed by atoms with Gasteiger partial charge in [-0.1, -0.05) is 11.6 Å². The molecule has 0 atom stereocenters. The van der Waals surface area contributed by atoms with Gasteiger partial charge in [0.25, 0.3) is 0 Å². The SMILES string of the molecule is COC1CCN(S(=O)(=O)c2ccc(Cl)c(N)c2)CC1. The van der Waals surface area contributed by atoms with Crippen LogP contribution in [0.5, 0.6) is 0 Å². The van der Waals surface area contributed by atoms with E-state index in [4.69, 9.17) is 22.1 Å². The third-order valence-corrected chi connectivity index (χ3v) is 5.58. The third-order valence-electron chi connectivity index (χ3n) is 3.34. The number of halogens is 1. The van der Waals surface area contributed by atoms with Gasteiger partial charge in [-0.15, -0.1) is 0 Å². The Hall–Kier alpha value is -0.820. The van der Waals surface area contributed by atoms with Crippen LogP contribution < -0.4 is 5.73 Å². The number of hydrogen-bond donors (Lipinski definition) is 1. The van der Waals surface area contributed by atoms with Gasteiger partial charge in [0.1, 0.15) is 0 Å². The van der Waals surface area contributed by atoms with Crippen molar-refractivity contribution < 1.29 is 13.2 Å². The summed E-state index contributed by atoms with van der Waals surface area (Å²) in [5, 5.41) is 0.358. The van der Waals surface area contributed by atoms with Crippen molar-refractivity contribution in [3.8, 4) is 0 Å². The molecule has 2 N–H and O–H groups in total. The molecule has 0 spiro atoms. The summed E-state index contributed by atoms with van der Waals surface area (Å²) in [6.07, 6.45) is 1.55. The van der Waals surface area contributed by atoms with Gasteiger partial charge in [0.2, 0.25) is 10.0 Å². The molecule has 1 aromatic rings. The molecule has 0 aliphatic carbocycles. The van der Waals surface area contributed by atoms with Gasteiger partial charge >= 0.3 is 0 Å². The van der Waals surface area contributed by atoms with E-state index in [0.717, 1.165) is 0 Å². The van der Waals surface area contributed by atoms with Gasteiger partial charge < -0.3 is 10.5 Å². The molecular formula is C12H17ClN2O3S. The monoisotopic (exact) mass is 304 g/mol. The highest BCUT2D eigenvalue weighted by Gasteiger charge is 2.29. The van der Waals surface area contributed by atoms with Crippen molar-refractivity contribution in [3.63, 3.8) is 0 Å². The Balaban J connectivity index is 2.21. The number of nitrogen functional groups attached to an aromatic ring is 1. The zero-order chi connectivity index (χ0) is 14.0. The molecule has 5 nitrogen and oxygen atoms in total. The number of hydrogen-bond acceptors (Lipinski definition) is 4. The van der Waals surface area contributed by atoms with Crippen molar-refractivity contribution in [3.05, 3.63) is 23.2 Å². The molecular weight excluding hydrogens is 288 g/mol. The van der Waals surface area contributed by atoms with E-state index in [1.807, 2.05) is 0 Å². The van der Waals surface area contributed by atoms with Crippen LogP contribution in [0.3, 0.4) is 0 Å². The second-order valence-electron chi connectivity index (χ2n) is 4.52. The van der Waals surface area contributed by atoms with Crippen LogP contribution in [0, 0.1) is 0 Å². The number of ether oxygens (including phenoxy) is 1. The van der Waals surface area contributed by atoms with Crippen LogP contribution in [-0.2, 0) is 14.8 Å². The fourth-order valence-corrected chi connectivity index (χ4v) is 3.76. The smallest absolute Gasteiger partial charge is 0.243 e. The van der Waals surface area contributed by atoms with Gasteiger partial charge in [-0.25, -0.2) is 8.42 Å². The van der Waals surface area contributed by atoms with Gasteiger partial charge in [0.05, 0.1) is 21.7 Å². The van der Waals surface area contributed by atoms with E-state index in [2.05, 4.69) is 0 Å². The van der Waals surface area contributed by atoms with E-state index in [1.165, 1.54) is 22.5 Å². The average Bonchev–Trinajstić information content (AvgIpc) is 2.41. The molecule has 1 aromatic carbocycles. The van der Waals surface area contributed by atoms with Crippen LogP contribution in [0.2, 0.25) is 5.02 Å². The highest BCUT2D eigenvalue weighted by atomic mass is 35.5. The van der Waals surface area contributed by atoms with Crippen molar-refractivity contribution in [1.29, 1.82) is 0 Å². The zero-order valence-electron chi connectivity index (χ0n) is 10.7. The van der Waals surface area contributed by atoms with Gasteiger partial charge in [-0.2, -0.15) is 4.31 Å². The summed E-state index contributed by atoms with van der Waals surface area (Å²) in [6.45, 7) is 0.923. The number of nitrogens with zero attached hydrogens (tertiary/aromatic N) is 1. The quantitative estimate of drug-likeness (QED) is 0.863. The van der Waals surface area contributed by atoms with E-state index in [-0.39, 0.29) is 16.7 Å². The standard InChI is InChI=1S/C12H17ClN2O3S/c1-18-9-4-6-15(7-5-9)19(16,17)10-2-3-11(13)12(14)8-10/h2-3,8-9H,4-7,14H2,1H3. The van der Waals surface area contributed by atoms with Crippen molar-refractivity contribution in [1.82, 2.24) is 4.31 Å². The number of benzene rings is 1. The minimum absolute atomic E-state index is 0.140. The van der Waals surface area contributed by atoms with Crippen molar-refractivity contribution >= 4 is 27.3 Å². The molecule has 1 heterocycles. The second kappa shape index (κ2) is 5.66. The summed E-state index contributed by atoms with van der Waals surface area (Å²) in [5.74, 6) is 0. The summed E-state index contributed by atoms with van der Waals surface area (Å²) >= 11 is 5.80.